The van der Waals surface area contributed by atoms with Gasteiger partial charge in [0.05, 0.1) is 23.6 Å². The summed E-state index contributed by atoms with van der Waals surface area (Å²) in [4.78, 5) is 8.82. The van der Waals surface area contributed by atoms with Gasteiger partial charge in [0.15, 0.2) is 5.82 Å². The molecule has 0 bridgehead atoms. The highest BCUT2D eigenvalue weighted by Gasteiger charge is 2.11. The van der Waals surface area contributed by atoms with E-state index in [4.69, 9.17) is 4.74 Å². The fourth-order valence-electron chi connectivity index (χ4n) is 1.99. The molecule has 94 valence electrons. The van der Waals surface area contributed by atoms with Crippen LogP contribution in [0.4, 0.5) is 0 Å². The summed E-state index contributed by atoms with van der Waals surface area (Å²) < 4.78 is 5.30. The zero-order chi connectivity index (χ0) is 13.2. The van der Waals surface area contributed by atoms with E-state index in [2.05, 4.69) is 9.97 Å². The van der Waals surface area contributed by atoms with Crippen molar-refractivity contribution in [2.24, 2.45) is 0 Å². The second-order valence-corrected chi connectivity index (χ2v) is 4.09. The van der Waals surface area contributed by atoms with E-state index in [1.54, 1.807) is 25.3 Å². The molecule has 0 spiro atoms. The average molecular weight is 252 g/mol. The van der Waals surface area contributed by atoms with Crippen molar-refractivity contribution in [3.63, 3.8) is 0 Å². The Morgan fingerprint density at radius 2 is 1.68 bits per heavy atom. The number of phenolic OH excluding ortho intramolecular Hbond substituents is 1. The Hall–Kier alpha value is -2.62. The topological polar surface area (TPSA) is 55.2 Å². The first-order chi connectivity index (χ1) is 9.29. The number of aromatic nitrogens is 2. The number of ether oxygens (including phenoxy) is 1. The summed E-state index contributed by atoms with van der Waals surface area (Å²) >= 11 is 0. The number of hydrogen-bond donors (Lipinski definition) is 1. The summed E-state index contributed by atoms with van der Waals surface area (Å²) in [5.41, 5.74) is 1.37. The van der Waals surface area contributed by atoms with E-state index >= 15 is 0 Å². The molecule has 2 aromatic carbocycles. The summed E-state index contributed by atoms with van der Waals surface area (Å²) in [7, 11) is 1.57. The number of aromatic hydroxyl groups is 1. The van der Waals surface area contributed by atoms with Crippen LogP contribution in [0.2, 0.25) is 0 Å². The molecule has 0 saturated carbocycles. The maximum atomic E-state index is 9.88. The van der Waals surface area contributed by atoms with Crippen molar-refractivity contribution in [3.05, 3.63) is 48.5 Å². The van der Waals surface area contributed by atoms with E-state index in [9.17, 15) is 5.11 Å². The van der Waals surface area contributed by atoms with Crippen LogP contribution in [0.25, 0.3) is 22.3 Å². The highest BCUT2D eigenvalue weighted by Crippen LogP contribution is 2.30. The van der Waals surface area contributed by atoms with Gasteiger partial charge < -0.3 is 9.84 Å². The normalized spacial score (nSPS) is 10.6. The molecule has 0 atom stereocenters. The molecule has 3 aromatic rings. The minimum atomic E-state index is 0.153. The molecule has 0 aliphatic carbocycles. The van der Waals surface area contributed by atoms with Gasteiger partial charge in [-0.1, -0.05) is 24.3 Å². The van der Waals surface area contributed by atoms with Crippen LogP contribution in [0, 0.1) is 0 Å². The SMILES string of the molecule is COc1nc(-c2ccccc2O)nc2ccccc12. The number of rotatable bonds is 2. The molecule has 0 amide bonds. The first kappa shape index (κ1) is 11.5. The molecule has 4 heteroatoms. The Balaban J connectivity index is 2.29. The monoisotopic (exact) mass is 252 g/mol. The van der Waals surface area contributed by atoms with Gasteiger partial charge in [0.1, 0.15) is 5.75 Å². The molecule has 0 aliphatic heterocycles. The molecule has 1 aromatic heterocycles. The minimum absolute atomic E-state index is 0.153. The second-order valence-electron chi connectivity index (χ2n) is 4.09. The molecule has 1 heterocycles. The zero-order valence-corrected chi connectivity index (χ0v) is 10.4. The Labute approximate surface area is 110 Å². The first-order valence-electron chi connectivity index (χ1n) is 5.89. The van der Waals surface area contributed by atoms with Crippen LogP contribution in [0.15, 0.2) is 48.5 Å². The van der Waals surface area contributed by atoms with E-state index in [0.717, 1.165) is 10.9 Å². The zero-order valence-electron chi connectivity index (χ0n) is 10.4. The number of para-hydroxylation sites is 2. The molecule has 1 N–H and O–H groups in total. The number of phenols is 1. The largest absolute Gasteiger partial charge is 0.507 e. The summed E-state index contributed by atoms with van der Waals surface area (Å²) in [5, 5.41) is 10.7. The van der Waals surface area contributed by atoms with E-state index in [1.165, 1.54) is 0 Å². The van der Waals surface area contributed by atoms with Crippen molar-refractivity contribution in [2.45, 2.75) is 0 Å². The van der Waals surface area contributed by atoms with E-state index in [-0.39, 0.29) is 5.75 Å². The first-order valence-corrected chi connectivity index (χ1v) is 5.89. The third-order valence-corrected chi connectivity index (χ3v) is 2.91. The summed E-state index contributed by atoms with van der Waals surface area (Å²) in [6.07, 6.45) is 0. The molecular formula is C15H12N2O2. The molecule has 19 heavy (non-hydrogen) atoms. The van der Waals surface area contributed by atoms with Crippen molar-refractivity contribution >= 4 is 10.9 Å². The van der Waals surface area contributed by atoms with Crippen LogP contribution >= 0.6 is 0 Å². The van der Waals surface area contributed by atoms with Crippen molar-refractivity contribution in [3.8, 4) is 23.0 Å². The van der Waals surface area contributed by atoms with Gasteiger partial charge in [0, 0.05) is 0 Å². The highest BCUT2D eigenvalue weighted by atomic mass is 16.5. The number of hydrogen-bond acceptors (Lipinski definition) is 4. The minimum Gasteiger partial charge on any atom is -0.507 e. The lowest BCUT2D eigenvalue weighted by Crippen LogP contribution is -1.96. The summed E-state index contributed by atoms with van der Waals surface area (Å²) in [6, 6.07) is 14.6. The predicted molar refractivity (Wildman–Crippen MR) is 73.2 cm³/mol. The second kappa shape index (κ2) is 4.57. The molecule has 3 rings (SSSR count). The smallest absolute Gasteiger partial charge is 0.224 e. The van der Waals surface area contributed by atoms with Gasteiger partial charge in [-0.05, 0) is 24.3 Å². The van der Waals surface area contributed by atoms with Gasteiger partial charge in [-0.3, -0.25) is 0 Å². The van der Waals surface area contributed by atoms with Crippen LogP contribution < -0.4 is 4.74 Å². The van der Waals surface area contributed by atoms with Gasteiger partial charge in [-0.25, -0.2) is 4.98 Å². The fourth-order valence-corrected chi connectivity index (χ4v) is 1.99. The lowest BCUT2D eigenvalue weighted by Gasteiger charge is -2.08. The molecular weight excluding hydrogens is 240 g/mol. The standard InChI is InChI=1S/C15H12N2O2/c1-19-15-10-6-2-4-8-12(10)16-14(17-15)11-7-3-5-9-13(11)18/h2-9,18H,1H3. The van der Waals surface area contributed by atoms with Crippen molar-refractivity contribution in [1.29, 1.82) is 0 Å². The van der Waals surface area contributed by atoms with Crippen LogP contribution in [0.3, 0.4) is 0 Å². The van der Waals surface area contributed by atoms with Crippen LogP contribution in [-0.2, 0) is 0 Å². The Morgan fingerprint density at radius 1 is 0.947 bits per heavy atom. The van der Waals surface area contributed by atoms with Gasteiger partial charge in [0.25, 0.3) is 0 Å². The highest BCUT2D eigenvalue weighted by molar-refractivity contribution is 5.85. The summed E-state index contributed by atoms with van der Waals surface area (Å²) in [6.45, 7) is 0. The van der Waals surface area contributed by atoms with Gasteiger partial charge in [-0.15, -0.1) is 0 Å². The third kappa shape index (κ3) is 1.97. The Bertz CT molecular complexity index is 741. The fraction of sp³-hybridized carbons (Fsp3) is 0.0667. The van der Waals surface area contributed by atoms with E-state index in [0.29, 0.717) is 17.3 Å². The van der Waals surface area contributed by atoms with Crippen LogP contribution in [-0.4, -0.2) is 22.2 Å². The summed E-state index contributed by atoms with van der Waals surface area (Å²) in [5.74, 6) is 1.11. The molecule has 0 aliphatic rings. The van der Waals surface area contributed by atoms with E-state index < -0.39 is 0 Å². The lowest BCUT2D eigenvalue weighted by molar-refractivity contribution is 0.403. The van der Waals surface area contributed by atoms with Gasteiger partial charge >= 0.3 is 0 Å². The third-order valence-electron chi connectivity index (χ3n) is 2.91. The molecule has 0 unspecified atom stereocenters. The van der Waals surface area contributed by atoms with Gasteiger partial charge in [-0.2, -0.15) is 4.98 Å². The quantitative estimate of drug-likeness (QED) is 0.761. The number of benzene rings is 2. The lowest BCUT2D eigenvalue weighted by atomic mass is 10.1. The Morgan fingerprint density at radius 3 is 2.47 bits per heavy atom. The van der Waals surface area contributed by atoms with E-state index in [1.807, 2.05) is 30.3 Å². The number of fused-ring (bicyclic) bond motifs is 1. The molecule has 0 saturated heterocycles. The Kier molecular flexibility index (Phi) is 2.76. The van der Waals surface area contributed by atoms with Crippen LogP contribution in [0.5, 0.6) is 11.6 Å². The van der Waals surface area contributed by atoms with Crippen molar-refractivity contribution in [1.82, 2.24) is 9.97 Å². The predicted octanol–water partition coefficient (Wildman–Crippen LogP) is 3.01. The maximum absolute atomic E-state index is 9.88. The van der Waals surface area contributed by atoms with Gasteiger partial charge in [0.2, 0.25) is 5.88 Å². The maximum Gasteiger partial charge on any atom is 0.224 e. The van der Waals surface area contributed by atoms with Crippen molar-refractivity contribution in [2.75, 3.05) is 7.11 Å². The molecule has 0 fully saturated rings. The number of nitrogens with zero attached hydrogens (tertiary/aromatic N) is 2. The number of methoxy groups -OCH3 is 1. The molecule has 0 radical (unpaired) electrons. The average Bonchev–Trinajstić information content (AvgIpc) is 2.46. The molecule has 4 nitrogen and oxygen atoms in total. The van der Waals surface area contributed by atoms with Crippen LogP contribution in [0.1, 0.15) is 0 Å². The van der Waals surface area contributed by atoms with Crippen molar-refractivity contribution < 1.29 is 9.84 Å².